The first kappa shape index (κ1) is 10.7. The van der Waals surface area contributed by atoms with E-state index < -0.39 is 5.92 Å². The molecule has 0 radical (unpaired) electrons. The molecule has 3 rings (SSSR count). The Hall–Kier alpha value is -2.42. The van der Waals surface area contributed by atoms with Crippen LogP contribution >= 0.6 is 0 Å². The molecular weight excluding hydrogens is 226 g/mol. The van der Waals surface area contributed by atoms with Crippen molar-refractivity contribution in [1.29, 1.82) is 0 Å². The van der Waals surface area contributed by atoms with Crippen LogP contribution in [0, 0.1) is 0 Å². The second-order valence-electron chi connectivity index (χ2n) is 4.10. The molecule has 1 aliphatic heterocycles. The number of carbonyl (C=O) groups excluding carboxylic acids is 1. The first-order valence-corrected chi connectivity index (χ1v) is 5.75. The normalized spacial score (nSPS) is 18.3. The van der Waals surface area contributed by atoms with Crippen LogP contribution in [0.3, 0.4) is 0 Å². The van der Waals surface area contributed by atoms with E-state index in [0.29, 0.717) is 5.71 Å². The Bertz CT molecular complexity index is 590. The van der Waals surface area contributed by atoms with Crippen LogP contribution in [0.1, 0.15) is 17.0 Å². The zero-order valence-corrected chi connectivity index (χ0v) is 9.61. The van der Waals surface area contributed by atoms with E-state index in [1.54, 1.807) is 0 Å². The second kappa shape index (κ2) is 4.45. The predicted molar refractivity (Wildman–Crippen MR) is 68.3 cm³/mol. The van der Waals surface area contributed by atoms with Crippen LogP contribution in [0.15, 0.2) is 65.8 Å². The summed E-state index contributed by atoms with van der Waals surface area (Å²) in [5.41, 5.74) is 2.49. The average molecular weight is 237 g/mol. The van der Waals surface area contributed by atoms with E-state index in [1.165, 1.54) is 0 Å². The zero-order valence-electron chi connectivity index (χ0n) is 9.61. The fourth-order valence-electron chi connectivity index (χ4n) is 2.08. The number of hydrogen-bond acceptors (Lipinski definition) is 3. The summed E-state index contributed by atoms with van der Waals surface area (Å²) in [5.74, 6) is -0.742. The van der Waals surface area contributed by atoms with Crippen LogP contribution in [-0.2, 0) is 9.63 Å². The van der Waals surface area contributed by atoms with Gasteiger partial charge in [-0.15, -0.1) is 0 Å². The number of rotatable bonds is 2. The van der Waals surface area contributed by atoms with Gasteiger partial charge in [0.1, 0.15) is 11.6 Å². The molecule has 3 heteroatoms. The lowest BCUT2D eigenvalue weighted by atomic mass is 9.91. The Morgan fingerprint density at radius 2 is 1.50 bits per heavy atom. The number of benzene rings is 2. The van der Waals surface area contributed by atoms with Crippen molar-refractivity contribution in [2.75, 3.05) is 0 Å². The summed E-state index contributed by atoms with van der Waals surface area (Å²) in [6, 6.07) is 19.2. The molecule has 2 aromatic carbocycles. The van der Waals surface area contributed by atoms with E-state index in [1.807, 2.05) is 60.7 Å². The van der Waals surface area contributed by atoms with E-state index in [9.17, 15) is 4.79 Å². The Morgan fingerprint density at radius 3 is 2.17 bits per heavy atom. The summed E-state index contributed by atoms with van der Waals surface area (Å²) < 4.78 is 0. The monoisotopic (exact) mass is 237 g/mol. The molecule has 0 aromatic heterocycles. The summed E-state index contributed by atoms with van der Waals surface area (Å²) in [4.78, 5) is 16.7. The van der Waals surface area contributed by atoms with Gasteiger partial charge in [-0.25, -0.2) is 4.79 Å². The molecule has 88 valence electrons. The van der Waals surface area contributed by atoms with E-state index in [0.717, 1.165) is 11.1 Å². The summed E-state index contributed by atoms with van der Waals surface area (Å²) >= 11 is 0. The smallest absolute Gasteiger partial charge is 0.317 e. The maximum atomic E-state index is 11.8. The molecule has 0 bridgehead atoms. The highest BCUT2D eigenvalue weighted by molar-refractivity contribution is 6.18. The van der Waals surface area contributed by atoms with Gasteiger partial charge in [0.05, 0.1) is 0 Å². The van der Waals surface area contributed by atoms with Crippen molar-refractivity contribution < 1.29 is 9.63 Å². The van der Waals surface area contributed by atoms with Crippen molar-refractivity contribution in [2.24, 2.45) is 5.16 Å². The van der Waals surface area contributed by atoms with Gasteiger partial charge in [-0.05, 0) is 5.56 Å². The van der Waals surface area contributed by atoms with Crippen molar-refractivity contribution in [3.63, 3.8) is 0 Å². The van der Waals surface area contributed by atoms with Crippen molar-refractivity contribution >= 4 is 11.7 Å². The van der Waals surface area contributed by atoms with Gasteiger partial charge in [-0.1, -0.05) is 65.8 Å². The predicted octanol–water partition coefficient (Wildman–Crippen LogP) is 2.73. The molecule has 1 aliphatic rings. The third kappa shape index (κ3) is 1.80. The second-order valence-corrected chi connectivity index (χ2v) is 4.10. The average Bonchev–Trinajstić information content (AvgIpc) is 2.83. The van der Waals surface area contributed by atoms with Crippen LogP contribution in [-0.4, -0.2) is 11.7 Å². The maximum absolute atomic E-state index is 11.8. The van der Waals surface area contributed by atoms with Gasteiger partial charge in [-0.2, -0.15) is 0 Å². The molecule has 0 aliphatic carbocycles. The molecule has 1 unspecified atom stereocenters. The van der Waals surface area contributed by atoms with Crippen molar-refractivity contribution in [1.82, 2.24) is 0 Å². The molecule has 3 nitrogen and oxygen atoms in total. The number of oxime groups is 1. The zero-order chi connectivity index (χ0) is 12.4. The minimum atomic E-state index is -0.423. The topological polar surface area (TPSA) is 38.7 Å². The fraction of sp³-hybridized carbons (Fsp3) is 0.0667. The van der Waals surface area contributed by atoms with Crippen LogP contribution in [0.2, 0.25) is 0 Å². The lowest BCUT2D eigenvalue weighted by Gasteiger charge is -2.09. The van der Waals surface area contributed by atoms with Crippen LogP contribution < -0.4 is 0 Å². The van der Waals surface area contributed by atoms with Crippen molar-refractivity contribution in [2.45, 2.75) is 5.92 Å². The molecule has 1 atom stereocenters. The largest absolute Gasteiger partial charge is 0.348 e. The van der Waals surface area contributed by atoms with Gasteiger partial charge >= 0.3 is 5.97 Å². The van der Waals surface area contributed by atoms with E-state index in [4.69, 9.17) is 4.84 Å². The first-order chi connectivity index (χ1) is 8.86. The minimum Gasteiger partial charge on any atom is -0.317 e. The quantitative estimate of drug-likeness (QED) is 0.753. The van der Waals surface area contributed by atoms with Crippen LogP contribution in [0.4, 0.5) is 0 Å². The summed E-state index contributed by atoms with van der Waals surface area (Å²) in [6.45, 7) is 0. The lowest BCUT2D eigenvalue weighted by molar-refractivity contribution is -0.141. The van der Waals surface area contributed by atoms with Gasteiger partial charge in [-0.3, -0.25) is 0 Å². The standard InChI is InChI=1S/C15H11NO2/c17-15-13(11-7-3-1-4-8-11)14(16-18-15)12-9-5-2-6-10-12/h1-10,13H. The molecule has 1 heterocycles. The highest BCUT2D eigenvalue weighted by atomic mass is 16.7. The van der Waals surface area contributed by atoms with Gasteiger partial charge in [0.2, 0.25) is 0 Å². The van der Waals surface area contributed by atoms with Crippen LogP contribution in [0.5, 0.6) is 0 Å². The number of hydrogen-bond donors (Lipinski definition) is 0. The molecular formula is C15H11NO2. The summed E-state index contributed by atoms with van der Waals surface area (Å²) in [7, 11) is 0. The highest BCUT2D eigenvalue weighted by Crippen LogP contribution is 2.27. The van der Waals surface area contributed by atoms with Crippen molar-refractivity contribution in [3.05, 3.63) is 71.8 Å². The third-order valence-corrected chi connectivity index (χ3v) is 2.95. The van der Waals surface area contributed by atoms with E-state index in [2.05, 4.69) is 5.16 Å². The number of nitrogens with zero attached hydrogens (tertiary/aromatic N) is 1. The van der Waals surface area contributed by atoms with E-state index in [-0.39, 0.29) is 5.97 Å². The lowest BCUT2D eigenvalue weighted by Crippen LogP contribution is -2.16. The highest BCUT2D eigenvalue weighted by Gasteiger charge is 2.34. The molecule has 0 fully saturated rings. The fourth-order valence-corrected chi connectivity index (χ4v) is 2.08. The molecule has 0 saturated heterocycles. The first-order valence-electron chi connectivity index (χ1n) is 5.75. The molecule has 2 aromatic rings. The van der Waals surface area contributed by atoms with Gasteiger partial charge < -0.3 is 4.84 Å². The van der Waals surface area contributed by atoms with Gasteiger partial charge in [0.25, 0.3) is 0 Å². The Balaban J connectivity index is 2.03. The molecule has 18 heavy (non-hydrogen) atoms. The van der Waals surface area contributed by atoms with Crippen LogP contribution in [0.25, 0.3) is 0 Å². The molecule has 0 spiro atoms. The number of carbonyl (C=O) groups is 1. The van der Waals surface area contributed by atoms with Gasteiger partial charge in [0, 0.05) is 5.56 Å². The SMILES string of the molecule is O=C1ON=C(c2ccccc2)C1c1ccccc1. The molecule has 0 amide bonds. The Labute approximate surface area is 105 Å². The minimum absolute atomic E-state index is 0.319. The van der Waals surface area contributed by atoms with E-state index >= 15 is 0 Å². The van der Waals surface area contributed by atoms with Crippen molar-refractivity contribution in [3.8, 4) is 0 Å². The third-order valence-electron chi connectivity index (χ3n) is 2.95. The van der Waals surface area contributed by atoms with Gasteiger partial charge in [0.15, 0.2) is 0 Å². The maximum Gasteiger partial charge on any atom is 0.348 e. The Morgan fingerprint density at radius 1 is 0.889 bits per heavy atom. The summed E-state index contributed by atoms with van der Waals surface area (Å²) in [6.07, 6.45) is 0. The summed E-state index contributed by atoms with van der Waals surface area (Å²) in [5, 5.41) is 3.91. The molecule has 0 N–H and O–H groups in total. The Kier molecular flexibility index (Phi) is 2.65. The molecule has 0 saturated carbocycles.